The number of benzene rings is 1. The molecule has 64 valence electrons. The van der Waals surface area contributed by atoms with E-state index in [4.69, 9.17) is 0 Å². The average molecular weight is 187 g/mol. The van der Waals surface area contributed by atoms with Crippen LogP contribution in [0.15, 0.2) is 59.1 Å². The minimum Gasteiger partial charge on any atom is -0.249 e. The van der Waals surface area contributed by atoms with Crippen LogP contribution in [0.4, 0.5) is 0 Å². The second kappa shape index (κ2) is 4.10. The minimum absolute atomic E-state index is 1.05. The summed E-state index contributed by atoms with van der Waals surface area (Å²) >= 11 is 1.64. The monoisotopic (exact) mass is 187 g/mol. The molecule has 0 N–H and O–H groups in total. The SMILES string of the molecule is C1=CN=C(c2ccccc2)SC=C1. The summed E-state index contributed by atoms with van der Waals surface area (Å²) in [4.78, 5) is 4.33. The van der Waals surface area contributed by atoms with Gasteiger partial charge in [0.1, 0.15) is 5.04 Å². The standard InChI is InChI=1S/C11H9NS/c1-2-6-10(7-3-1)11-12-8-4-5-9-13-11/h1-9H. The van der Waals surface area contributed by atoms with E-state index in [-0.39, 0.29) is 0 Å². The van der Waals surface area contributed by atoms with E-state index in [0.717, 1.165) is 5.04 Å². The molecular formula is C11H9NS. The second-order valence-electron chi connectivity index (χ2n) is 2.59. The Balaban J connectivity index is 2.32. The van der Waals surface area contributed by atoms with Gasteiger partial charge in [-0.3, -0.25) is 0 Å². The zero-order chi connectivity index (χ0) is 8.93. The van der Waals surface area contributed by atoms with Gasteiger partial charge in [0.25, 0.3) is 0 Å². The van der Waals surface area contributed by atoms with Crippen LogP contribution in [-0.4, -0.2) is 5.04 Å². The number of allylic oxidation sites excluding steroid dienone is 2. The predicted molar refractivity (Wildman–Crippen MR) is 58.9 cm³/mol. The largest absolute Gasteiger partial charge is 0.249 e. The Hall–Kier alpha value is -1.28. The molecule has 1 heterocycles. The predicted octanol–water partition coefficient (Wildman–Crippen LogP) is 3.21. The van der Waals surface area contributed by atoms with E-state index in [9.17, 15) is 0 Å². The van der Waals surface area contributed by atoms with Gasteiger partial charge in [-0.1, -0.05) is 48.2 Å². The lowest BCUT2D eigenvalue weighted by atomic mass is 10.2. The van der Waals surface area contributed by atoms with E-state index in [1.54, 1.807) is 11.8 Å². The number of hydrogen-bond donors (Lipinski definition) is 0. The zero-order valence-electron chi connectivity index (χ0n) is 7.05. The Labute approximate surface area is 81.9 Å². The molecule has 1 nitrogen and oxygen atoms in total. The second-order valence-corrected chi connectivity index (χ2v) is 3.48. The third kappa shape index (κ3) is 2.10. The Morgan fingerprint density at radius 2 is 1.85 bits per heavy atom. The number of thioether (sulfide) groups is 1. The molecule has 0 amide bonds. The maximum absolute atomic E-state index is 4.33. The van der Waals surface area contributed by atoms with Crippen LogP contribution in [-0.2, 0) is 0 Å². The minimum atomic E-state index is 1.05. The number of aliphatic imine (C=N–C) groups is 1. The van der Waals surface area contributed by atoms with Gasteiger partial charge in [0.15, 0.2) is 0 Å². The van der Waals surface area contributed by atoms with Crippen molar-refractivity contribution >= 4 is 16.8 Å². The van der Waals surface area contributed by atoms with Gasteiger partial charge in [0.05, 0.1) is 0 Å². The molecule has 1 aliphatic rings. The molecule has 1 aliphatic heterocycles. The highest BCUT2D eigenvalue weighted by Gasteiger charge is 2.00. The molecule has 0 atom stereocenters. The molecule has 13 heavy (non-hydrogen) atoms. The first-order valence-corrected chi connectivity index (χ1v) is 4.96. The molecular weight excluding hydrogens is 178 g/mol. The van der Waals surface area contributed by atoms with E-state index >= 15 is 0 Å². The summed E-state index contributed by atoms with van der Waals surface area (Å²) < 4.78 is 0. The molecule has 0 saturated heterocycles. The maximum Gasteiger partial charge on any atom is 0.107 e. The summed E-state index contributed by atoms with van der Waals surface area (Å²) in [6, 6.07) is 10.2. The molecule has 1 aromatic rings. The maximum atomic E-state index is 4.33. The van der Waals surface area contributed by atoms with Crippen molar-refractivity contribution in [2.75, 3.05) is 0 Å². The number of rotatable bonds is 1. The fourth-order valence-corrected chi connectivity index (χ4v) is 1.76. The summed E-state index contributed by atoms with van der Waals surface area (Å²) in [5.74, 6) is 0. The van der Waals surface area contributed by atoms with Crippen LogP contribution < -0.4 is 0 Å². The third-order valence-electron chi connectivity index (χ3n) is 1.67. The van der Waals surface area contributed by atoms with Crippen molar-refractivity contribution in [3.8, 4) is 0 Å². The summed E-state index contributed by atoms with van der Waals surface area (Å²) in [6.07, 6.45) is 5.74. The van der Waals surface area contributed by atoms with Gasteiger partial charge in [-0.25, -0.2) is 4.99 Å². The van der Waals surface area contributed by atoms with Crippen LogP contribution in [0.2, 0.25) is 0 Å². The van der Waals surface area contributed by atoms with Crippen molar-refractivity contribution < 1.29 is 0 Å². The first-order chi connectivity index (χ1) is 6.47. The third-order valence-corrected chi connectivity index (χ3v) is 2.53. The summed E-state index contributed by atoms with van der Waals surface area (Å²) in [5.41, 5.74) is 1.17. The van der Waals surface area contributed by atoms with Gasteiger partial charge in [-0.05, 0) is 11.5 Å². The van der Waals surface area contributed by atoms with Gasteiger partial charge in [0.2, 0.25) is 0 Å². The van der Waals surface area contributed by atoms with Crippen LogP contribution >= 0.6 is 11.8 Å². The smallest absolute Gasteiger partial charge is 0.107 e. The van der Waals surface area contributed by atoms with Crippen molar-refractivity contribution in [1.29, 1.82) is 0 Å². The van der Waals surface area contributed by atoms with Crippen molar-refractivity contribution in [3.63, 3.8) is 0 Å². The topological polar surface area (TPSA) is 12.4 Å². The molecule has 2 rings (SSSR count). The van der Waals surface area contributed by atoms with Gasteiger partial charge < -0.3 is 0 Å². The summed E-state index contributed by atoms with van der Waals surface area (Å²) in [7, 11) is 0. The molecule has 0 radical (unpaired) electrons. The molecule has 0 spiro atoms. The van der Waals surface area contributed by atoms with Crippen LogP contribution in [0.5, 0.6) is 0 Å². The first kappa shape index (κ1) is 8.32. The quantitative estimate of drug-likeness (QED) is 0.657. The van der Waals surface area contributed by atoms with Gasteiger partial charge in [-0.15, -0.1) is 0 Å². The van der Waals surface area contributed by atoms with Gasteiger partial charge in [-0.2, -0.15) is 0 Å². The van der Waals surface area contributed by atoms with Crippen LogP contribution in [0.3, 0.4) is 0 Å². The average Bonchev–Trinajstić information content (AvgIpc) is 2.47. The fraction of sp³-hybridized carbons (Fsp3) is 0. The fourth-order valence-electron chi connectivity index (χ4n) is 1.06. The highest BCUT2D eigenvalue weighted by molar-refractivity contribution is 8.16. The van der Waals surface area contributed by atoms with E-state index < -0.39 is 0 Å². The van der Waals surface area contributed by atoms with E-state index in [2.05, 4.69) is 17.1 Å². The van der Waals surface area contributed by atoms with E-state index in [1.807, 2.05) is 42.0 Å². The molecule has 0 unspecified atom stereocenters. The normalized spacial score (nSPS) is 15.2. The summed E-state index contributed by atoms with van der Waals surface area (Å²) in [6.45, 7) is 0. The molecule has 0 aromatic heterocycles. The molecule has 0 fully saturated rings. The Bertz CT molecular complexity index is 363. The zero-order valence-corrected chi connectivity index (χ0v) is 7.87. The number of nitrogens with zero attached hydrogens (tertiary/aromatic N) is 1. The van der Waals surface area contributed by atoms with Crippen molar-refractivity contribution in [3.05, 3.63) is 59.7 Å². The lowest BCUT2D eigenvalue weighted by molar-refractivity contribution is 1.56. The van der Waals surface area contributed by atoms with Crippen molar-refractivity contribution in [2.45, 2.75) is 0 Å². The highest BCUT2D eigenvalue weighted by Crippen LogP contribution is 2.16. The van der Waals surface area contributed by atoms with Crippen LogP contribution in [0, 0.1) is 0 Å². The molecule has 1 aromatic carbocycles. The van der Waals surface area contributed by atoms with Crippen LogP contribution in [0.25, 0.3) is 0 Å². The van der Waals surface area contributed by atoms with Crippen molar-refractivity contribution in [1.82, 2.24) is 0 Å². The Kier molecular flexibility index (Phi) is 2.62. The van der Waals surface area contributed by atoms with Crippen molar-refractivity contribution in [2.24, 2.45) is 4.99 Å². The molecule has 2 heteroatoms. The Morgan fingerprint density at radius 1 is 1.00 bits per heavy atom. The van der Waals surface area contributed by atoms with Gasteiger partial charge >= 0.3 is 0 Å². The first-order valence-electron chi connectivity index (χ1n) is 4.08. The molecule has 0 aliphatic carbocycles. The molecule has 0 bridgehead atoms. The molecule has 0 saturated carbocycles. The van der Waals surface area contributed by atoms with Crippen LogP contribution in [0.1, 0.15) is 5.56 Å². The highest BCUT2D eigenvalue weighted by atomic mass is 32.2. The van der Waals surface area contributed by atoms with Gasteiger partial charge in [0, 0.05) is 11.8 Å². The van der Waals surface area contributed by atoms with E-state index in [1.165, 1.54) is 5.56 Å². The lowest BCUT2D eigenvalue weighted by Gasteiger charge is -1.99. The number of hydrogen-bond acceptors (Lipinski definition) is 2. The van der Waals surface area contributed by atoms with E-state index in [0.29, 0.717) is 0 Å². The lowest BCUT2D eigenvalue weighted by Crippen LogP contribution is -1.91. The Morgan fingerprint density at radius 3 is 2.69 bits per heavy atom. The summed E-state index contributed by atoms with van der Waals surface area (Å²) in [5, 5.41) is 3.08.